The van der Waals surface area contributed by atoms with Gasteiger partial charge in [-0.3, -0.25) is 14.7 Å². The van der Waals surface area contributed by atoms with Crippen molar-refractivity contribution in [2.75, 3.05) is 20.2 Å². The minimum absolute atomic E-state index is 0.116. The maximum atomic E-state index is 14.4. The molecule has 36 heavy (non-hydrogen) atoms. The second-order valence-corrected chi connectivity index (χ2v) is 9.52. The molecule has 2 aliphatic rings. The number of fused-ring (bicyclic) bond motifs is 1. The first kappa shape index (κ1) is 23.9. The normalized spacial score (nSPS) is 17.2. The molecule has 0 spiro atoms. The third-order valence-corrected chi connectivity index (χ3v) is 7.11. The monoisotopic (exact) mass is 481 g/mol. The van der Waals surface area contributed by atoms with E-state index in [-0.39, 0.29) is 17.5 Å². The molecular weight excluding hydrogens is 453 g/mol. The van der Waals surface area contributed by atoms with Crippen LogP contribution in [0.5, 0.6) is 5.75 Å². The SMILES string of the molecule is COc1cccc(F)c1CN1CCC[C@@H](CC(=O)c2ccc3c(c2)C(c2cccc(C#N)c2)=NC3)C1. The maximum absolute atomic E-state index is 14.4. The van der Waals surface area contributed by atoms with Crippen molar-refractivity contribution in [1.29, 1.82) is 5.26 Å². The second-order valence-electron chi connectivity index (χ2n) is 9.52. The van der Waals surface area contributed by atoms with Gasteiger partial charge in [-0.1, -0.05) is 30.3 Å². The summed E-state index contributed by atoms with van der Waals surface area (Å²) >= 11 is 0. The summed E-state index contributed by atoms with van der Waals surface area (Å²) in [6.07, 6.45) is 2.42. The summed E-state index contributed by atoms with van der Waals surface area (Å²) in [5, 5.41) is 9.25. The van der Waals surface area contributed by atoms with E-state index in [0.717, 1.165) is 48.3 Å². The van der Waals surface area contributed by atoms with Crippen LogP contribution in [0.3, 0.4) is 0 Å². The lowest BCUT2D eigenvalue weighted by Gasteiger charge is -2.33. The zero-order valence-electron chi connectivity index (χ0n) is 20.3. The van der Waals surface area contributed by atoms with Crippen LogP contribution in [0.2, 0.25) is 0 Å². The molecule has 182 valence electrons. The Bertz CT molecular complexity index is 1370. The van der Waals surface area contributed by atoms with Gasteiger partial charge in [-0.25, -0.2) is 4.39 Å². The minimum atomic E-state index is -0.261. The van der Waals surface area contributed by atoms with Gasteiger partial charge in [0.1, 0.15) is 11.6 Å². The first-order chi connectivity index (χ1) is 17.6. The van der Waals surface area contributed by atoms with Crippen LogP contribution in [-0.2, 0) is 13.1 Å². The number of hydrogen-bond acceptors (Lipinski definition) is 5. The molecule has 0 N–H and O–H groups in total. The first-order valence-electron chi connectivity index (χ1n) is 12.3. The standard InChI is InChI=1S/C30H28FN3O2/c1-36-29-9-3-8-27(31)26(29)19-34-12-4-6-21(18-34)14-28(35)22-10-11-24-17-33-30(25(24)15-22)23-7-2-5-20(13-23)16-32/h2-3,5,7-11,13,15,21H,4,6,12,14,17-19H2,1H3/t21-/m0/s1. The number of rotatable bonds is 7. The van der Waals surface area contributed by atoms with Crippen LogP contribution in [0.15, 0.2) is 65.7 Å². The highest BCUT2D eigenvalue weighted by atomic mass is 19.1. The topological polar surface area (TPSA) is 65.7 Å². The fourth-order valence-corrected chi connectivity index (χ4v) is 5.29. The number of ketones is 1. The molecule has 0 bridgehead atoms. The molecule has 1 atom stereocenters. The predicted molar refractivity (Wildman–Crippen MR) is 137 cm³/mol. The summed E-state index contributed by atoms with van der Waals surface area (Å²) in [7, 11) is 1.56. The molecule has 0 unspecified atom stereocenters. The minimum Gasteiger partial charge on any atom is -0.496 e. The van der Waals surface area contributed by atoms with E-state index in [2.05, 4.69) is 16.0 Å². The van der Waals surface area contributed by atoms with Gasteiger partial charge in [-0.05, 0) is 61.2 Å². The van der Waals surface area contributed by atoms with E-state index in [1.165, 1.54) is 6.07 Å². The molecule has 1 fully saturated rings. The molecule has 2 heterocycles. The van der Waals surface area contributed by atoms with E-state index in [4.69, 9.17) is 4.74 Å². The Hall–Kier alpha value is -3.82. The third kappa shape index (κ3) is 4.93. The Kier molecular flexibility index (Phi) is 6.92. The first-order valence-corrected chi connectivity index (χ1v) is 12.3. The van der Waals surface area contributed by atoms with Crippen molar-refractivity contribution in [3.05, 3.63) is 99.9 Å². The maximum Gasteiger partial charge on any atom is 0.163 e. The van der Waals surface area contributed by atoms with Crippen molar-refractivity contribution in [3.63, 3.8) is 0 Å². The number of carbonyl (C=O) groups is 1. The van der Waals surface area contributed by atoms with Crippen LogP contribution in [0, 0.1) is 23.1 Å². The lowest BCUT2D eigenvalue weighted by Crippen LogP contribution is -2.36. The van der Waals surface area contributed by atoms with Crippen LogP contribution in [0.25, 0.3) is 0 Å². The number of Topliss-reactive ketones (excluding diaryl/α,β-unsaturated/α-hetero) is 1. The summed E-state index contributed by atoms with van der Waals surface area (Å²) in [6, 6.07) is 20.3. The van der Waals surface area contributed by atoms with Crippen molar-refractivity contribution >= 4 is 11.5 Å². The molecule has 0 radical (unpaired) electrons. The number of methoxy groups -OCH3 is 1. The lowest BCUT2D eigenvalue weighted by molar-refractivity contribution is 0.0911. The molecule has 5 rings (SSSR count). The highest BCUT2D eigenvalue weighted by Crippen LogP contribution is 2.29. The van der Waals surface area contributed by atoms with Crippen molar-refractivity contribution in [1.82, 2.24) is 4.90 Å². The summed E-state index contributed by atoms with van der Waals surface area (Å²) in [5.41, 5.74) is 5.62. The van der Waals surface area contributed by atoms with Crippen molar-refractivity contribution < 1.29 is 13.9 Å². The third-order valence-electron chi connectivity index (χ3n) is 7.11. The molecule has 0 saturated carbocycles. The summed E-state index contributed by atoms with van der Waals surface area (Å²) in [6.45, 7) is 2.68. The van der Waals surface area contributed by atoms with Crippen molar-refractivity contribution in [2.45, 2.75) is 32.4 Å². The lowest BCUT2D eigenvalue weighted by atomic mass is 9.89. The van der Waals surface area contributed by atoms with Gasteiger partial charge < -0.3 is 4.74 Å². The van der Waals surface area contributed by atoms with E-state index in [9.17, 15) is 14.4 Å². The van der Waals surface area contributed by atoms with Crippen LogP contribution in [-0.4, -0.2) is 36.6 Å². The van der Waals surface area contributed by atoms with E-state index in [1.54, 1.807) is 25.3 Å². The zero-order chi connectivity index (χ0) is 25.1. The number of carbonyl (C=O) groups excluding carboxylic acids is 1. The van der Waals surface area contributed by atoms with Gasteiger partial charge in [0.05, 0.1) is 31.0 Å². The van der Waals surface area contributed by atoms with E-state index in [0.29, 0.717) is 42.0 Å². The van der Waals surface area contributed by atoms with Crippen LogP contribution in [0.1, 0.15) is 57.4 Å². The molecule has 5 nitrogen and oxygen atoms in total. The molecule has 0 aliphatic carbocycles. The molecule has 1 saturated heterocycles. The van der Waals surface area contributed by atoms with E-state index < -0.39 is 0 Å². The number of likely N-dealkylation sites (tertiary alicyclic amines) is 1. The number of ether oxygens (including phenoxy) is 1. The Morgan fingerprint density at radius 2 is 2.06 bits per heavy atom. The molecular formula is C30H28FN3O2. The van der Waals surface area contributed by atoms with E-state index >= 15 is 0 Å². The molecule has 6 heteroatoms. The smallest absolute Gasteiger partial charge is 0.163 e. The number of nitrogens with zero attached hydrogens (tertiary/aromatic N) is 3. The van der Waals surface area contributed by atoms with Crippen LogP contribution >= 0.6 is 0 Å². The average Bonchev–Trinajstić information content (AvgIpc) is 3.33. The van der Waals surface area contributed by atoms with Crippen LogP contribution < -0.4 is 4.74 Å². The molecule has 2 aliphatic heterocycles. The Balaban J connectivity index is 1.28. The van der Waals surface area contributed by atoms with Gasteiger partial charge >= 0.3 is 0 Å². The summed E-state index contributed by atoms with van der Waals surface area (Å²) in [4.78, 5) is 20.2. The molecule has 3 aromatic carbocycles. The predicted octanol–water partition coefficient (Wildman–Crippen LogP) is 5.54. The number of aliphatic imine (C=N–C) groups is 1. The number of hydrogen-bond donors (Lipinski definition) is 0. The average molecular weight is 482 g/mol. The van der Waals surface area contributed by atoms with Gasteiger partial charge in [0.25, 0.3) is 0 Å². The summed E-state index contributed by atoms with van der Waals surface area (Å²) in [5.74, 6) is 0.635. The van der Waals surface area contributed by atoms with Crippen molar-refractivity contribution in [2.24, 2.45) is 10.9 Å². The van der Waals surface area contributed by atoms with Crippen LogP contribution in [0.4, 0.5) is 4.39 Å². The van der Waals surface area contributed by atoms with Gasteiger partial charge in [0.15, 0.2) is 5.78 Å². The molecule has 3 aromatic rings. The quantitative estimate of drug-likeness (QED) is 0.416. The highest BCUT2D eigenvalue weighted by molar-refractivity contribution is 6.16. The highest BCUT2D eigenvalue weighted by Gasteiger charge is 2.26. The Morgan fingerprint density at radius 1 is 1.19 bits per heavy atom. The largest absolute Gasteiger partial charge is 0.496 e. The number of nitriles is 1. The van der Waals surface area contributed by atoms with Gasteiger partial charge in [-0.2, -0.15) is 5.26 Å². The number of benzene rings is 3. The fraction of sp³-hybridized carbons (Fsp3) is 0.300. The fourth-order valence-electron chi connectivity index (χ4n) is 5.29. The number of halogens is 1. The summed E-state index contributed by atoms with van der Waals surface area (Å²) < 4.78 is 19.8. The zero-order valence-corrected chi connectivity index (χ0v) is 20.3. The Morgan fingerprint density at radius 3 is 2.89 bits per heavy atom. The molecule has 0 amide bonds. The van der Waals surface area contributed by atoms with E-state index in [1.807, 2.05) is 36.4 Å². The molecule has 0 aromatic heterocycles. The Labute approximate surface area is 210 Å². The van der Waals surface area contributed by atoms with Crippen molar-refractivity contribution in [3.8, 4) is 11.8 Å². The second kappa shape index (κ2) is 10.4. The van der Waals surface area contributed by atoms with Gasteiger partial charge in [-0.15, -0.1) is 0 Å². The number of piperidine rings is 1. The van der Waals surface area contributed by atoms with Gasteiger partial charge in [0.2, 0.25) is 0 Å². The van der Waals surface area contributed by atoms with Gasteiger partial charge in [0, 0.05) is 41.8 Å².